The molecule has 3 atom stereocenters. The Balaban J connectivity index is 4.24. The maximum Gasteiger partial charge on any atom is 0.472 e. The lowest BCUT2D eigenvalue weighted by Gasteiger charge is -2.20. The van der Waals surface area contributed by atoms with Crippen molar-refractivity contribution >= 4 is 19.8 Å². The van der Waals surface area contributed by atoms with Gasteiger partial charge in [-0.25, -0.2) is 4.57 Å². The van der Waals surface area contributed by atoms with Gasteiger partial charge in [0.15, 0.2) is 6.10 Å². The van der Waals surface area contributed by atoms with Crippen molar-refractivity contribution < 1.29 is 47.8 Å². The summed E-state index contributed by atoms with van der Waals surface area (Å²) >= 11 is 0. The van der Waals surface area contributed by atoms with Gasteiger partial charge in [-0.2, -0.15) is 0 Å². The van der Waals surface area contributed by atoms with E-state index in [1.807, 2.05) is 0 Å². The number of aliphatic hydroxyl groups excluding tert-OH is 2. The van der Waals surface area contributed by atoms with Crippen LogP contribution in [-0.2, 0) is 32.7 Å². The van der Waals surface area contributed by atoms with E-state index in [-0.39, 0.29) is 19.4 Å². The number of unbranched alkanes of at least 4 members (excludes halogenated alkanes) is 25. The lowest BCUT2D eigenvalue weighted by molar-refractivity contribution is -0.161. The Kier molecular flexibility index (Phi) is 40.5. The highest BCUT2D eigenvalue weighted by atomic mass is 31.2. The quantitative estimate of drug-likeness (QED) is 0.0235. The number of hydrogen-bond donors (Lipinski definition) is 3. The Morgan fingerprint density at radius 2 is 0.929 bits per heavy atom. The molecule has 56 heavy (non-hydrogen) atoms. The second kappa shape index (κ2) is 41.6. The normalized spacial score (nSPS) is 14.0. The van der Waals surface area contributed by atoms with E-state index in [2.05, 4.69) is 38.2 Å². The average Bonchev–Trinajstić information content (AvgIpc) is 3.19. The zero-order valence-electron chi connectivity index (χ0n) is 35.9. The maximum absolute atomic E-state index is 12.6. The molecule has 0 bridgehead atoms. The number of phosphoric acid groups is 1. The fourth-order valence-corrected chi connectivity index (χ4v) is 7.11. The number of ether oxygens (including phenoxy) is 2. The van der Waals surface area contributed by atoms with Crippen LogP contribution >= 0.6 is 7.82 Å². The molecule has 0 aromatic heterocycles. The molecule has 3 N–H and O–H groups in total. The molecule has 0 fully saturated rings. The molecule has 0 aliphatic rings. The summed E-state index contributed by atoms with van der Waals surface area (Å²) in [7, 11) is -4.62. The Morgan fingerprint density at radius 1 is 0.536 bits per heavy atom. The summed E-state index contributed by atoms with van der Waals surface area (Å²) in [5.74, 6) is -0.921. The molecule has 0 aromatic rings. The Hall–Kier alpha value is -1.55. The fourth-order valence-electron chi connectivity index (χ4n) is 6.32. The molecule has 0 heterocycles. The molecule has 0 aromatic carbocycles. The van der Waals surface area contributed by atoms with E-state index in [4.69, 9.17) is 23.6 Å². The zero-order chi connectivity index (χ0) is 41.2. The molecule has 0 aliphatic carbocycles. The first kappa shape index (κ1) is 54.5. The summed E-state index contributed by atoms with van der Waals surface area (Å²) in [5.41, 5.74) is 0. The van der Waals surface area contributed by atoms with E-state index in [1.54, 1.807) is 0 Å². The summed E-state index contributed by atoms with van der Waals surface area (Å²) in [6.07, 6.45) is 41.3. The van der Waals surface area contributed by atoms with Crippen LogP contribution in [0.15, 0.2) is 24.3 Å². The maximum atomic E-state index is 12.6. The number of carbonyl (C=O) groups is 2. The number of rotatable bonds is 43. The lowest BCUT2D eigenvalue weighted by Crippen LogP contribution is -2.29. The third-order valence-electron chi connectivity index (χ3n) is 9.86. The van der Waals surface area contributed by atoms with E-state index in [9.17, 15) is 24.2 Å². The van der Waals surface area contributed by atoms with Gasteiger partial charge in [0, 0.05) is 12.8 Å². The second-order valence-corrected chi connectivity index (χ2v) is 16.9. The van der Waals surface area contributed by atoms with Gasteiger partial charge < -0.3 is 24.6 Å². The van der Waals surface area contributed by atoms with Crippen molar-refractivity contribution in [2.75, 3.05) is 26.4 Å². The molecule has 0 radical (unpaired) electrons. The van der Waals surface area contributed by atoms with Gasteiger partial charge in [-0.3, -0.25) is 18.6 Å². The van der Waals surface area contributed by atoms with Crippen LogP contribution < -0.4 is 0 Å². The van der Waals surface area contributed by atoms with Gasteiger partial charge >= 0.3 is 19.8 Å². The van der Waals surface area contributed by atoms with Gasteiger partial charge in [-0.15, -0.1) is 0 Å². The highest BCUT2D eigenvalue weighted by Crippen LogP contribution is 2.43. The van der Waals surface area contributed by atoms with Crippen molar-refractivity contribution in [3.63, 3.8) is 0 Å². The van der Waals surface area contributed by atoms with Crippen LogP contribution in [0.2, 0.25) is 0 Å². The predicted octanol–water partition coefficient (Wildman–Crippen LogP) is 12.2. The topological polar surface area (TPSA) is 149 Å². The fraction of sp³-hybridized carbons (Fsp3) is 0.867. The molecular formula is C45H85O10P. The van der Waals surface area contributed by atoms with Gasteiger partial charge in [0.2, 0.25) is 0 Å². The largest absolute Gasteiger partial charge is 0.472 e. The van der Waals surface area contributed by atoms with Crippen LogP contribution in [0.1, 0.15) is 213 Å². The van der Waals surface area contributed by atoms with Crippen molar-refractivity contribution in [1.29, 1.82) is 0 Å². The minimum atomic E-state index is -4.62. The molecule has 0 rings (SSSR count). The number of hydrogen-bond acceptors (Lipinski definition) is 9. The van der Waals surface area contributed by atoms with Crippen LogP contribution in [0, 0.1) is 0 Å². The van der Waals surface area contributed by atoms with Gasteiger partial charge in [0.1, 0.15) is 12.7 Å². The average molecular weight is 817 g/mol. The summed E-state index contributed by atoms with van der Waals surface area (Å²) in [5, 5.41) is 18.3. The van der Waals surface area contributed by atoms with Crippen LogP contribution in [0.5, 0.6) is 0 Å². The molecule has 10 nitrogen and oxygen atoms in total. The van der Waals surface area contributed by atoms with Crippen molar-refractivity contribution in [1.82, 2.24) is 0 Å². The molecule has 0 amide bonds. The number of phosphoric ester groups is 1. The highest BCUT2D eigenvalue weighted by Gasteiger charge is 2.27. The Bertz CT molecular complexity index is 988. The first-order valence-corrected chi connectivity index (χ1v) is 24.3. The van der Waals surface area contributed by atoms with E-state index in [1.165, 1.54) is 122 Å². The van der Waals surface area contributed by atoms with Crippen LogP contribution in [0.3, 0.4) is 0 Å². The van der Waals surface area contributed by atoms with Crippen molar-refractivity contribution in [2.24, 2.45) is 0 Å². The number of carbonyl (C=O) groups excluding carboxylic acids is 2. The van der Waals surface area contributed by atoms with E-state index in [0.29, 0.717) is 12.8 Å². The highest BCUT2D eigenvalue weighted by molar-refractivity contribution is 7.47. The molecule has 0 aliphatic heterocycles. The summed E-state index contributed by atoms with van der Waals surface area (Å²) in [6, 6.07) is 0. The van der Waals surface area contributed by atoms with E-state index < -0.39 is 51.8 Å². The standard InChI is InChI=1S/C45H85O10P/c1-3-5-7-9-11-13-15-17-19-20-21-22-23-25-27-29-31-33-35-37-45(49)55-43(41-54-56(50,51)53-39-42(47)38-46)40-52-44(48)36-34-32-30-28-26-24-18-16-14-12-10-8-6-4-2/h11,13,17,19,42-43,46-47H,3-10,12,14-16,18,20-41H2,1-2H3,(H,50,51)/b13-11-,19-17-. The monoisotopic (exact) mass is 817 g/mol. The molecule has 3 unspecified atom stereocenters. The summed E-state index contributed by atoms with van der Waals surface area (Å²) in [6.45, 7) is 2.38. The van der Waals surface area contributed by atoms with Crippen molar-refractivity contribution in [2.45, 2.75) is 225 Å². The number of aliphatic hydroxyl groups is 2. The zero-order valence-corrected chi connectivity index (χ0v) is 36.8. The Morgan fingerprint density at radius 3 is 1.41 bits per heavy atom. The van der Waals surface area contributed by atoms with Crippen LogP contribution in [0.25, 0.3) is 0 Å². The van der Waals surface area contributed by atoms with E-state index >= 15 is 0 Å². The smallest absolute Gasteiger partial charge is 0.462 e. The predicted molar refractivity (Wildman–Crippen MR) is 228 cm³/mol. The minimum absolute atomic E-state index is 0.182. The number of allylic oxidation sites excluding steroid dienone is 4. The third-order valence-corrected chi connectivity index (χ3v) is 10.8. The Labute approximate surface area is 342 Å². The molecule has 0 spiro atoms. The van der Waals surface area contributed by atoms with Gasteiger partial charge in [0.05, 0.1) is 19.8 Å². The first-order chi connectivity index (χ1) is 27.2. The van der Waals surface area contributed by atoms with Gasteiger partial charge in [-0.05, 0) is 44.9 Å². The molecule has 11 heteroatoms. The number of esters is 2. The molecule has 330 valence electrons. The van der Waals surface area contributed by atoms with Crippen molar-refractivity contribution in [3.05, 3.63) is 24.3 Å². The van der Waals surface area contributed by atoms with Gasteiger partial charge in [-0.1, -0.05) is 179 Å². The third kappa shape index (κ3) is 40.6. The first-order valence-electron chi connectivity index (χ1n) is 22.8. The van der Waals surface area contributed by atoms with E-state index in [0.717, 1.165) is 51.4 Å². The second-order valence-electron chi connectivity index (χ2n) is 15.4. The van der Waals surface area contributed by atoms with Gasteiger partial charge in [0.25, 0.3) is 0 Å². The lowest BCUT2D eigenvalue weighted by atomic mass is 10.0. The van der Waals surface area contributed by atoms with Crippen LogP contribution in [0.4, 0.5) is 0 Å². The summed E-state index contributed by atoms with van der Waals surface area (Å²) < 4.78 is 32.8. The van der Waals surface area contributed by atoms with Crippen molar-refractivity contribution in [3.8, 4) is 0 Å². The molecule has 0 saturated heterocycles. The molecule has 0 saturated carbocycles. The van der Waals surface area contributed by atoms with Crippen LogP contribution in [-0.4, -0.2) is 65.7 Å². The SMILES string of the molecule is CCCCC/C=C\C/C=C\CCCCCCCCCCCC(=O)OC(COC(=O)CCCCCCCCCCCCCCCC)COP(=O)(O)OCC(O)CO. The molecular weight excluding hydrogens is 731 g/mol. The minimum Gasteiger partial charge on any atom is -0.462 e. The summed E-state index contributed by atoms with van der Waals surface area (Å²) in [4.78, 5) is 35.0.